The standard InChI is InChI=1S/C20H15ClF3N3O3.C11H9N3O4.C11H11N3O2.C9H5NO4/c21-15-5-4-11(8-14(15)20(22,23)24)9-18(29)26-16-3-1-2-13-12(16)6-7-27(19(13)30)10-17(25)28;12-10(15)6-13-5-4-7-8(11(13)16)2-1-3-9(7)14(17)18;12-9-3-1-2-8-7(9)4-5-14(11(8)16)6-10(13)15;11-9-7-2-1-3-8(10(12)13)6(7)4-5-14-9/h1-8H,9-10H2,(H2,25,28)(H,26,29);1-5H,6H2,(H2,12,15);1-5H,6,12H2,(H2,13,15);1-5H. The first kappa shape index (κ1) is 56.8. The van der Waals surface area contributed by atoms with Gasteiger partial charge in [-0.05, 0) is 78.4 Å². The number of halogens is 4. The lowest BCUT2D eigenvalue weighted by atomic mass is 10.1. The SMILES string of the molecule is NC(=O)Cn1ccc2c(N)cccc2c1=O.NC(=O)Cn1ccc2c(NC(=O)Cc3ccc(Cl)c(C(F)(F)F)c3)cccc2c1=O.NC(=O)Cn1ccc2c([N+](=O)[O-])cccc2c1=O.O=c1occc2c([N+](=O)[O-])cccc12. The zero-order valence-electron chi connectivity index (χ0n) is 40.0. The first-order valence-electron chi connectivity index (χ1n) is 22.3. The Morgan fingerprint density at radius 1 is 0.577 bits per heavy atom. The normalized spacial score (nSPS) is 10.8. The van der Waals surface area contributed by atoms with Crippen LogP contribution in [0.15, 0.2) is 164 Å². The number of fused-ring (bicyclic) bond motifs is 4. The molecular weight excluding hydrogens is 1050 g/mol. The Labute approximate surface area is 438 Å². The van der Waals surface area contributed by atoms with E-state index in [-0.39, 0.29) is 70.1 Å². The molecule has 9 rings (SSSR count). The van der Waals surface area contributed by atoms with Gasteiger partial charge in [0.25, 0.3) is 28.1 Å². The number of amides is 4. The summed E-state index contributed by atoms with van der Waals surface area (Å²) in [5.41, 5.74) is 18.9. The van der Waals surface area contributed by atoms with Crippen LogP contribution >= 0.6 is 11.6 Å². The zero-order chi connectivity index (χ0) is 57.2. The van der Waals surface area contributed by atoms with Crippen molar-refractivity contribution in [3.8, 4) is 0 Å². The van der Waals surface area contributed by atoms with E-state index in [1.807, 2.05) is 0 Å². The molecule has 0 saturated heterocycles. The second-order valence-electron chi connectivity index (χ2n) is 16.5. The molecule has 5 aromatic carbocycles. The number of nitrogens with one attached hydrogen (secondary N) is 1. The first-order chi connectivity index (χ1) is 36.9. The van der Waals surface area contributed by atoms with E-state index in [9.17, 15) is 71.8 Å². The van der Waals surface area contributed by atoms with E-state index in [0.29, 0.717) is 32.9 Å². The maximum atomic E-state index is 13.0. The van der Waals surface area contributed by atoms with Crippen molar-refractivity contribution in [3.63, 3.8) is 0 Å². The molecule has 0 saturated carbocycles. The molecule has 9 aromatic rings. The molecule has 4 amide bonds. The van der Waals surface area contributed by atoms with E-state index in [1.165, 1.54) is 89.9 Å². The van der Waals surface area contributed by atoms with Crippen LogP contribution < -0.4 is 50.6 Å². The number of anilines is 2. The number of rotatable bonds is 11. The minimum Gasteiger partial charge on any atom is -0.431 e. The minimum absolute atomic E-state index is 0.0876. The van der Waals surface area contributed by atoms with E-state index in [4.69, 9.17) is 34.5 Å². The molecule has 0 aliphatic carbocycles. The van der Waals surface area contributed by atoms with Gasteiger partial charge >= 0.3 is 11.8 Å². The zero-order valence-corrected chi connectivity index (χ0v) is 40.7. The summed E-state index contributed by atoms with van der Waals surface area (Å²) in [7, 11) is 0. The highest BCUT2D eigenvalue weighted by atomic mass is 35.5. The van der Waals surface area contributed by atoms with Gasteiger partial charge in [-0.15, -0.1) is 0 Å². The van der Waals surface area contributed by atoms with Crippen molar-refractivity contribution >= 4 is 101 Å². The molecule has 4 aromatic heterocycles. The molecule has 400 valence electrons. The average molecular weight is 1090 g/mol. The van der Waals surface area contributed by atoms with Gasteiger partial charge in [0.2, 0.25) is 23.6 Å². The van der Waals surface area contributed by atoms with Gasteiger partial charge in [0.15, 0.2) is 0 Å². The summed E-state index contributed by atoms with van der Waals surface area (Å²) in [4.78, 5) is 113. The number of nitrogens with zero attached hydrogens (tertiary/aromatic N) is 5. The van der Waals surface area contributed by atoms with Gasteiger partial charge < -0.3 is 46.4 Å². The fourth-order valence-corrected chi connectivity index (χ4v) is 7.90. The van der Waals surface area contributed by atoms with Gasteiger partial charge in [0, 0.05) is 63.6 Å². The number of aromatic nitrogens is 3. The summed E-state index contributed by atoms with van der Waals surface area (Å²) in [5.74, 6) is -2.45. The van der Waals surface area contributed by atoms with E-state index in [1.54, 1.807) is 36.4 Å². The van der Waals surface area contributed by atoms with Crippen molar-refractivity contribution in [1.29, 1.82) is 0 Å². The van der Waals surface area contributed by atoms with E-state index >= 15 is 0 Å². The summed E-state index contributed by atoms with van der Waals surface area (Å²) >= 11 is 5.59. The minimum atomic E-state index is -4.63. The molecule has 0 atom stereocenters. The van der Waals surface area contributed by atoms with E-state index < -0.39 is 67.0 Å². The number of nitrogen functional groups attached to an aromatic ring is 1. The summed E-state index contributed by atoms with van der Waals surface area (Å²) < 4.78 is 47.1. The number of hydrogen-bond acceptors (Lipinski definition) is 14. The molecule has 9 N–H and O–H groups in total. The van der Waals surface area contributed by atoms with Gasteiger partial charge in [-0.2, -0.15) is 13.2 Å². The second kappa shape index (κ2) is 24.2. The van der Waals surface area contributed by atoms with E-state index in [2.05, 4.69) is 9.73 Å². The predicted molar refractivity (Wildman–Crippen MR) is 281 cm³/mol. The Morgan fingerprint density at radius 3 is 1.51 bits per heavy atom. The number of non-ortho nitro benzene ring substituents is 2. The van der Waals surface area contributed by atoms with Gasteiger partial charge in [0.05, 0.1) is 54.7 Å². The molecule has 0 aliphatic rings. The second-order valence-corrected chi connectivity index (χ2v) is 16.9. The molecule has 27 heteroatoms. The van der Waals surface area contributed by atoms with Crippen LogP contribution in [-0.2, 0) is 51.4 Å². The smallest absolute Gasteiger partial charge is 0.417 e. The number of carbonyl (C=O) groups is 4. The lowest BCUT2D eigenvalue weighted by Gasteiger charge is -2.12. The molecule has 78 heavy (non-hydrogen) atoms. The Kier molecular flexibility index (Phi) is 17.6. The van der Waals surface area contributed by atoms with Gasteiger partial charge in [-0.1, -0.05) is 41.9 Å². The van der Waals surface area contributed by atoms with Crippen molar-refractivity contribution in [1.82, 2.24) is 13.7 Å². The van der Waals surface area contributed by atoms with Crippen molar-refractivity contribution < 1.29 is 46.6 Å². The number of carbonyl (C=O) groups excluding carboxylic acids is 4. The van der Waals surface area contributed by atoms with Gasteiger partial charge in [-0.25, -0.2) is 4.79 Å². The maximum Gasteiger partial charge on any atom is 0.417 e. The van der Waals surface area contributed by atoms with Crippen LogP contribution in [0.2, 0.25) is 5.02 Å². The van der Waals surface area contributed by atoms with Crippen LogP contribution in [0.25, 0.3) is 43.1 Å². The number of nitrogens with two attached hydrogens (primary N) is 4. The third-order valence-corrected chi connectivity index (χ3v) is 11.5. The molecule has 0 unspecified atom stereocenters. The third kappa shape index (κ3) is 13.6. The Balaban J connectivity index is 0.000000177. The number of nitro groups is 2. The number of nitro benzene ring substituents is 2. The molecule has 23 nitrogen and oxygen atoms in total. The average Bonchev–Trinajstić information content (AvgIpc) is 3.44. The third-order valence-electron chi connectivity index (χ3n) is 11.1. The molecule has 0 aliphatic heterocycles. The number of alkyl halides is 3. The quantitative estimate of drug-likeness (QED) is 0.0606. The number of hydrogen-bond donors (Lipinski definition) is 5. The number of pyridine rings is 3. The van der Waals surface area contributed by atoms with Crippen molar-refractivity contribution in [2.75, 3.05) is 11.1 Å². The predicted octanol–water partition coefficient (Wildman–Crippen LogP) is 5.51. The number of benzene rings is 5. The maximum absolute atomic E-state index is 13.0. The molecule has 0 bridgehead atoms. The monoisotopic (exact) mass is 1090 g/mol. The Morgan fingerprint density at radius 2 is 1.01 bits per heavy atom. The lowest BCUT2D eigenvalue weighted by Crippen LogP contribution is -2.27. The highest BCUT2D eigenvalue weighted by Crippen LogP contribution is 2.35. The van der Waals surface area contributed by atoms with Crippen LogP contribution in [0.5, 0.6) is 0 Å². The first-order valence-corrected chi connectivity index (χ1v) is 22.7. The van der Waals surface area contributed by atoms with Crippen LogP contribution in [0.1, 0.15) is 11.1 Å². The highest BCUT2D eigenvalue weighted by molar-refractivity contribution is 6.31. The lowest BCUT2D eigenvalue weighted by molar-refractivity contribution is -0.383. The molecule has 4 heterocycles. The van der Waals surface area contributed by atoms with Crippen LogP contribution in [-0.4, -0.2) is 47.2 Å². The molecular formula is C51H40ClF3N10O13. The van der Waals surface area contributed by atoms with E-state index in [0.717, 1.165) is 27.5 Å². The largest absolute Gasteiger partial charge is 0.431 e. The van der Waals surface area contributed by atoms with Crippen molar-refractivity contribution in [2.24, 2.45) is 17.2 Å². The van der Waals surface area contributed by atoms with Crippen LogP contribution in [0.4, 0.5) is 35.9 Å². The Bertz CT molecular complexity index is 4120. The number of primary amides is 3. The molecule has 0 fully saturated rings. The van der Waals surface area contributed by atoms with Gasteiger partial charge in [0.1, 0.15) is 19.6 Å². The molecule has 0 spiro atoms. The fourth-order valence-electron chi connectivity index (χ4n) is 7.68. The summed E-state index contributed by atoms with van der Waals surface area (Å²) in [6, 6.07) is 27.6. The van der Waals surface area contributed by atoms with Crippen molar-refractivity contribution in [2.45, 2.75) is 32.2 Å². The van der Waals surface area contributed by atoms with Crippen LogP contribution in [0, 0.1) is 20.2 Å². The summed E-state index contributed by atoms with van der Waals surface area (Å²) in [5, 5.41) is 26.4. The fraction of sp³-hybridized carbons (Fsp3) is 0.0980. The van der Waals surface area contributed by atoms with Gasteiger partial charge in [-0.3, -0.25) is 53.8 Å². The topological polar surface area (TPSA) is 367 Å². The summed E-state index contributed by atoms with van der Waals surface area (Å²) in [6.45, 7) is -0.662. The highest BCUT2D eigenvalue weighted by Gasteiger charge is 2.33. The Hall–Kier alpha value is -10.5. The van der Waals surface area contributed by atoms with Crippen molar-refractivity contribution in [3.05, 3.63) is 218 Å². The summed E-state index contributed by atoms with van der Waals surface area (Å²) in [6.07, 6.45) is 0.408. The van der Waals surface area contributed by atoms with Crippen LogP contribution in [0.3, 0.4) is 0 Å². The molecule has 0 radical (unpaired) electrons.